The molecule has 3 aromatic carbocycles. The fraction of sp³-hybridized carbons (Fsp3) is 0. The number of nitrogens with one attached hydrogen (secondary N) is 2. The van der Waals surface area contributed by atoms with E-state index >= 15 is 0 Å². The molecule has 1 amide bonds. The van der Waals surface area contributed by atoms with Gasteiger partial charge in [-0.05, 0) is 36.4 Å². The minimum Gasteiger partial charge on any atom is -0.436 e. The van der Waals surface area contributed by atoms with Crippen LogP contribution in [0, 0.1) is 0 Å². The number of benzene rings is 3. The zero-order valence-corrected chi connectivity index (χ0v) is 17.5. The lowest BCUT2D eigenvalue weighted by Crippen LogP contribution is -2.27. The Labute approximate surface area is 183 Å². The second-order valence-electron chi connectivity index (χ2n) is 6.46. The van der Waals surface area contributed by atoms with Crippen LogP contribution in [0.4, 0.5) is 5.69 Å². The van der Waals surface area contributed by atoms with Crippen LogP contribution in [0.5, 0.6) is 0 Å². The molecule has 0 atom stereocenters. The van der Waals surface area contributed by atoms with Crippen molar-refractivity contribution in [2.75, 3.05) is 5.32 Å². The van der Waals surface area contributed by atoms with Gasteiger partial charge in [-0.2, -0.15) is 13.2 Å². The number of rotatable bonds is 5. The fourth-order valence-electron chi connectivity index (χ4n) is 2.82. The van der Waals surface area contributed by atoms with Gasteiger partial charge < -0.3 is 9.73 Å². The van der Waals surface area contributed by atoms with E-state index in [2.05, 4.69) is 15.2 Å². The van der Waals surface area contributed by atoms with Gasteiger partial charge in [0.25, 0.3) is 15.9 Å². The Morgan fingerprint density at radius 3 is 2.35 bits per heavy atom. The molecule has 0 aliphatic rings. The van der Waals surface area contributed by atoms with Crippen molar-refractivity contribution in [3.05, 3.63) is 101 Å². The van der Waals surface area contributed by atoms with Crippen LogP contribution in [0.15, 0.2) is 99.3 Å². The first-order valence-corrected chi connectivity index (χ1v) is 11.0. The number of hydrogen-bond acceptors (Lipinski definition) is 5. The topological polar surface area (TPSA) is 101 Å². The molecule has 1 heterocycles. The molecule has 0 unspecified atom stereocenters. The molecule has 0 aliphatic heterocycles. The Balaban J connectivity index is 1.77. The van der Waals surface area contributed by atoms with E-state index in [1.807, 2.05) is 0 Å². The number of halogens is 1. The SMILES string of the molecule is O=C(Nc1ccccc1Cl)c1cc2ccccc2o/c1=N\NS(=O)(=O)c1ccccc1. The number of fused-ring (bicyclic) bond motifs is 1. The quantitative estimate of drug-likeness (QED) is 0.443. The van der Waals surface area contributed by atoms with Crippen LogP contribution >= 0.6 is 11.6 Å². The van der Waals surface area contributed by atoms with Gasteiger partial charge in [-0.1, -0.05) is 60.1 Å². The number of nitrogens with zero attached hydrogens (tertiary/aromatic N) is 1. The van der Waals surface area contributed by atoms with Crippen molar-refractivity contribution in [1.29, 1.82) is 0 Å². The largest absolute Gasteiger partial charge is 0.436 e. The van der Waals surface area contributed by atoms with E-state index < -0.39 is 15.9 Å². The highest BCUT2D eigenvalue weighted by Gasteiger charge is 2.16. The Hall–Kier alpha value is -3.62. The zero-order chi connectivity index (χ0) is 21.8. The van der Waals surface area contributed by atoms with Gasteiger partial charge in [0, 0.05) is 5.39 Å². The lowest BCUT2D eigenvalue weighted by molar-refractivity contribution is 0.102. The summed E-state index contributed by atoms with van der Waals surface area (Å²) in [6, 6.07) is 23.1. The van der Waals surface area contributed by atoms with E-state index in [0.29, 0.717) is 21.7 Å². The second kappa shape index (κ2) is 8.63. The van der Waals surface area contributed by atoms with Crippen molar-refractivity contribution in [1.82, 2.24) is 4.83 Å². The van der Waals surface area contributed by atoms with Gasteiger partial charge in [-0.25, -0.2) is 0 Å². The van der Waals surface area contributed by atoms with Crippen molar-refractivity contribution in [2.24, 2.45) is 5.10 Å². The normalized spacial score (nSPS) is 12.0. The van der Waals surface area contributed by atoms with E-state index in [-0.39, 0.29) is 16.0 Å². The average molecular weight is 454 g/mol. The maximum atomic E-state index is 13.0. The van der Waals surface area contributed by atoms with Gasteiger partial charge in [-0.3, -0.25) is 4.79 Å². The van der Waals surface area contributed by atoms with Gasteiger partial charge in [0.1, 0.15) is 11.1 Å². The molecule has 1 aromatic heterocycles. The molecule has 0 aliphatic carbocycles. The third kappa shape index (κ3) is 4.60. The summed E-state index contributed by atoms with van der Waals surface area (Å²) < 4.78 is 30.8. The van der Waals surface area contributed by atoms with Crippen molar-refractivity contribution in [3.8, 4) is 0 Å². The summed E-state index contributed by atoms with van der Waals surface area (Å²) in [5, 5.41) is 7.59. The van der Waals surface area contributed by atoms with Crippen molar-refractivity contribution in [3.63, 3.8) is 0 Å². The highest BCUT2D eigenvalue weighted by Crippen LogP contribution is 2.21. The van der Waals surface area contributed by atoms with E-state index in [0.717, 1.165) is 0 Å². The summed E-state index contributed by atoms with van der Waals surface area (Å²) in [5.41, 5.74) is 0.685. The molecule has 0 fully saturated rings. The minimum atomic E-state index is -3.95. The number of carbonyl (C=O) groups is 1. The molecule has 0 saturated heterocycles. The lowest BCUT2D eigenvalue weighted by Gasteiger charge is -2.08. The predicted molar refractivity (Wildman–Crippen MR) is 118 cm³/mol. The molecular formula is C22H16ClN3O4S. The summed E-state index contributed by atoms with van der Waals surface area (Å²) in [5.74, 6) is -0.555. The number of amides is 1. The van der Waals surface area contributed by atoms with E-state index in [1.165, 1.54) is 12.1 Å². The number of carbonyl (C=O) groups excluding carboxylic acids is 1. The standard InChI is InChI=1S/C22H16ClN3O4S/c23-18-11-5-6-12-19(18)24-21(27)17-14-15-8-4-7-13-20(15)30-22(17)25-26-31(28,29)16-9-2-1-3-10-16/h1-14,26H,(H,24,27)/b25-22-. The van der Waals surface area contributed by atoms with Crippen LogP contribution in [0.1, 0.15) is 10.4 Å². The maximum Gasteiger partial charge on any atom is 0.276 e. The van der Waals surface area contributed by atoms with Crippen molar-refractivity contribution >= 4 is 44.2 Å². The predicted octanol–water partition coefficient (Wildman–Crippen LogP) is 4.13. The van der Waals surface area contributed by atoms with Crippen LogP contribution < -0.4 is 15.7 Å². The third-order valence-electron chi connectivity index (χ3n) is 4.34. The third-order valence-corrected chi connectivity index (χ3v) is 5.90. The number of sulfonamides is 1. The maximum absolute atomic E-state index is 13.0. The molecule has 156 valence electrons. The van der Waals surface area contributed by atoms with Crippen LogP contribution in [-0.4, -0.2) is 14.3 Å². The second-order valence-corrected chi connectivity index (χ2v) is 8.52. The molecule has 2 N–H and O–H groups in total. The number of hydrogen-bond donors (Lipinski definition) is 2. The van der Waals surface area contributed by atoms with Gasteiger partial charge in [0.05, 0.1) is 15.6 Å². The molecule has 0 spiro atoms. The van der Waals surface area contributed by atoms with Crippen LogP contribution in [-0.2, 0) is 10.0 Å². The monoisotopic (exact) mass is 453 g/mol. The number of para-hydroxylation sites is 2. The van der Waals surface area contributed by atoms with Gasteiger partial charge in [0.2, 0.25) is 5.55 Å². The summed E-state index contributed by atoms with van der Waals surface area (Å²) in [7, 11) is -3.95. The summed E-state index contributed by atoms with van der Waals surface area (Å²) >= 11 is 6.13. The van der Waals surface area contributed by atoms with Gasteiger partial charge >= 0.3 is 0 Å². The Kier molecular flexibility index (Phi) is 5.75. The molecule has 0 saturated carbocycles. The van der Waals surface area contributed by atoms with E-state index in [9.17, 15) is 13.2 Å². The van der Waals surface area contributed by atoms with Crippen molar-refractivity contribution in [2.45, 2.75) is 4.90 Å². The molecule has 7 nitrogen and oxygen atoms in total. The highest BCUT2D eigenvalue weighted by molar-refractivity contribution is 7.89. The van der Waals surface area contributed by atoms with Crippen LogP contribution in [0.2, 0.25) is 5.02 Å². The minimum absolute atomic E-state index is 0.0293. The first-order chi connectivity index (χ1) is 14.9. The Morgan fingerprint density at radius 1 is 0.903 bits per heavy atom. The van der Waals surface area contributed by atoms with E-state index in [1.54, 1.807) is 72.8 Å². The molecule has 9 heteroatoms. The summed E-state index contributed by atoms with van der Waals surface area (Å²) in [6.07, 6.45) is 0. The van der Waals surface area contributed by atoms with Gasteiger partial charge in [-0.15, -0.1) is 5.10 Å². The van der Waals surface area contributed by atoms with E-state index in [4.69, 9.17) is 16.0 Å². The van der Waals surface area contributed by atoms with Gasteiger partial charge in [0.15, 0.2) is 0 Å². The van der Waals surface area contributed by atoms with Crippen molar-refractivity contribution < 1.29 is 17.6 Å². The molecule has 4 aromatic rings. The Bertz CT molecular complexity index is 1430. The molecular weight excluding hydrogens is 438 g/mol. The Morgan fingerprint density at radius 2 is 1.58 bits per heavy atom. The van der Waals surface area contributed by atoms with Crippen LogP contribution in [0.3, 0.4) is 0 Å². The first kappa shape index (κ1) is 20.6. The fourth-order valence-corrected chi connectivity index (χ4v) is 3.83. The molecule has 0 radical (unpaired) electrons. The van der Waals surface area contributed by atoms with Crippen LogP contribution in [0.25, 0.3) is 11.0 Å². The summed E-state index contributed by atoms with van der Waals surface area (Å²) in [4.78, 5) is 15.1. The summed E-state index contributed by atoms with van der Waals surface area (Å²) in [6.45, 7) is 0. The first-order valence-electron chi connectivity index (χ1n) is 9.13. The molecule has 4 rings (SSSR count). The average Bonchev–Trinajstić information content (AvgIpc) is 2.79. The zero-order valence-electron chi connectivity index (χ0n) is 15.9. The number of anilines is 1. The molecule has 31 heavy (non-hydrogen) atoms. The molecule has 0 bridgehead atoms. The lowest BCUT2D eigenvalue weighted by atomic mass is 10.1. The smallest absolute Gasteiger partial charge is 0.276 e. The highest BCUT2D eigenvalue weighted by atomic mass is 35.5.